The maximum absolute atomic E-state index is 13.7. The van der Waals surface area contributed by atoms with Crippen LogP contribution in [0.2, 0.25) is 0 Å². The first kappa shape index (κ1) is 16.2. The number of piperidine rings is 1. The van der Waals surface area contributed by atoms with Crippen LogP contribution < -0.4 is 5.32 Å². The predicted molar refractivity (Wildman–Crippen MR) is 75.2 cm³/mol. The average molecular weight is 312 g/mol. The third-order valence-electron chi connectivity index (χ3n) is 3.90. The maximum Gasteiger partial charge on any atom is 0.317 e. The molecule has 1 heterocycles. The smallest absolute Gasteiger partial charge is 0.317 e. The number of carbonyl (C=O) groups excluding carboxylic acids is 1. The summed E-state index contributed by atoms with van der Waals surface area (Å²) < 4.78 is 26.5. The second-order valence-corrected chi connectivity index (χ2v) is 5.44. The fourth-order valence-corrected chi connectivity index (χ4v) is 2.54. The maximum atomic E-state index is 13.7. The second-order valence-electron chi connectivity index (χ2n) is 5.44. The van der Waals surface area contributed by atoms with Gasteiger partial charge in [0.05, 0.1) is 12.0 Å². The summed E-state index contributed by atoms with van der Waals surface area (Å²) >= 11 is 0. The van der Waals surface area contributed by atoms with E-state index in [2.05, 4.69) is 5.32 Å². The molecular formula is C15H18F2N2O3. The van der Waals surface area contributed by atoms with E-state index < -0.39 is 29.6 Å². The number of urea groups is 1. The molecule has 22 heavy (non-hydrogen) atoms. The summed E-state index contributed by atoms with van der Waals surface area (Å²) in [5, 5.41) is 11.6. The Bertz CT molecular complexity index is 572. The lowest BCUT2D eigenvalue weighted by Gasteiger charge is -2.31. The van der Waals surface area contributed by atoms with Crippen LogP contribution in [0.4, 0.5) is 13.6 Å². The average Bonchev–Trinajstić information content (AvgIpc) is 2.47. The molecule has 0 aliphatic carbocycles. The number of nitrogens with zero attached hydrogens (tertiary/aromatic N) is 1. The van der Waals surface area contributed by atoms with Crippen LogP contribution in [-0.4, -0.2) is 35.1 Å². The molecule has 1 atom stereocenters. The van der Waals surface area contributed by atoms with Gasteiger partial charge in [0.25, 0.3) is 0 Å². The molecule has 7 heteroatoms. The van der Waals surface area contributed by atoms with E-state index in [0.717, 1.165) is 12.1 Å². The van der Waals surface area contributed by atoms with Gasteiger partial charge in [-0.05, 0) is 25.8 Å². The minimum Gasteiger partial charge on any atom is -0.481 e. The van der Waals surface area contributed by atoms with Gasteiger partial charge < -0.3 is 15.3 Å². The Kier molecular flexibility index (Phi) is 4.95. The van der Waals surface area contributed by atoms with Gasteiger partial charge in [0.15, 0.2) is 0 Å². The van der Waals surface area contributed by atoms with Crippen molar-refractivity contribution in [2.24, 2.45) is 5.92 Å². The predicted octanol–water partition coefficient (Wildman–Crippen LogP) is 2.53. The number of likely N-dealkylation sites (tertiary alicyclic amines) is 1. The third kappa shape index (κ3) is 3.72. The van der Waals surface area contributed by atoms with Crippen molar-refractivity contribution in [2.75, 3.05) is 13.1 Å². The fraction of sp³-hybridized carbons (Fsp3) is 0.467. The van der Waals surface area contributed by atoms with E-state index in [0.29, 0.717) is 25.9 Å². The van der Waals surface area contributed by atoms with Crippen molar-refractivity contribution in [2.45, 2.75) is 25.8 Å². The number of hydrogen-bond acceptors (Lipinski definition) is 2. The Hall–Kier alpha value is -2.18. The molecule has 1 aromatic rings. The quantitative estimate of drug-likeness (QED) is 0.901. The van der Waals surface area contributed by atoms with Gasteiger partial charge in [0, 0.05) is 24.7 Å². The minimum absolute atomic E-state index is 0.204. The summed E-state index contributed by atoms with van der Waals surface area (Å²) in [4.78, 5) is 24.5. The molecule has 1 unspecified atom stereocenters. The number of carboxylic acids is 1. The minimum atomic E-state index is -0.846. The van der Waals surface area contributed by atoms with E-state index >= 15 is 0 Å². The van der Waals surface area contributed by atoms with Crippen LogP contribution in [0.3, 0.4) is 0 Å². The van der Waals surface area contributed by atoms with Crippen molar-refractivity contribution in [1.82, 2.24) is 10.2 Å². The molecule has 0 bridgehead atoms. The van der Waals surface area contributed by atoms with Crippen molar-refractivity contribution in [3.05, 3.63) is 35.4 Å². The molecule has 1 saturated heterocycles. The number of aliphatic carboxylic acids is 1. The number of benzene rings is 1. The molecule has 1 aromatic carbocycles. The normalized spacial score (nSPS) is 17.1. The number of amides is 2. The topological polar surface area (TPSA) is 69.6 Å². The number of hydrogen-bond donors (Lipinski definition) is 2. The zero-order chi connectivity index (χ0) is 16.3. The molecule has 5 nitrogen and oxygen atoms in total. The Morgan fingerprint density at radius 2 is 1.95 bits per heavy atom. The Morgan fingerprint density at radius 3 is 2.50 bits per heavy atom. The number of nitrogens with one attached hydrogen (secondary N) is 1. The lowest BCUT2D eigenvalue weighted by Crippen LogP contribution is -2.46. The van der Waals surface area contributed by atoms with Gasteiger partial charge in [0.2, 0.25) is 0 Å². The SMILES string of the molecule is CC(NC(=O)N1CCC(C(=O)O)CC1)c1ccc(F)cc1F. The highest BCUT2D eigenvalue weighted by molar-refractivity contribution is 5.75. The van der Waals surface area contributed by atoms with Gasteiger partial charge >= 0.3 is 12.0 Å². The molecule has 0 aromatic heterocycles. The first-order valence-electron chi connectivity index (χ1n) is 7.11. The highest BCUT2D eigenvalue weighted by Gasteiger charge is 2.27. The van der Waals surface area contributed by atoms with Crippen molar-refractivity contribution in [3.63, 3.8) is 0 Å². The first-order chi connectivity index (χ1) is 10.4. The summed E-state index contributed by atoms with van der Waals surface area (Å²) in [6, 6.07) is 2.23. The highest BCUT2D eigenvalue weighted by Crippen LogP contribution is 2.20. The summed E-state index contributed by atoms with van der Waals surface area (Å²) in [6.07, 6.45) is 0.810. The second kappa shape index (κ2) is 6.72. The molecule has 1 fully saturated rings. The third-order valence-corrected chi connectivity index (χ3v) is 3.90. The van der Waals surface area contributed by atoms with Crippen LogP contribution in [0, 0.1) is 17.6 Å². The fourth-order valence-electron chi connectivity index (χ4n) is 2.54. The molecule has 2 N–H and O–H groups in total. The molecule has 2 amide bonds. The number of carboxylic acid groups (broad SMARTS) is 1. The van der Waals surface area contributed by atoms with Gasteiger partial charge in [-0.3, -0.25) is 4.79 Å². The Morgan fingerprint density at radius 1 is 1.32 bits per heavy atom. The number of carbonyl (C=O) groups is 2. The van der Waals surface area contributed by atoms with Crippen molar-refractivity contribution >= 4 is 12.0 Å². The molecule has 0 radical (unpaired) electrons. The molecule has 0 saturated carbocycles. The van der Waals surface area contributed by atoms with E-state index in [1.807, 2.05) is 0 Å². The van der Waals surface area contributed by atoms with E-state index in [-0.39, 0.29) is 11.6 Å². The summed E-state index contributed by atoms with van der Waals surface area (Å²) in [6.45, 7) is 2.31. The summed E-state index contributed by atoms with van der Waals surface area (Å²) in [7, 11) is 0. The van der Waals surface area contributed by atoms with Gasteiger partial charge in [-0.1, -0.05) is 6.07 Å². The zero-order valence-corrected chi connectivity index (χ0v) is 12.2. The van der Waals surface area contributed by atoms with Crippen LogP contribution in [0.15, 0.2) is 18.2 Å². The zero-order valence-electron chi connectivity index (χ0n) is 12.2. The lowest BCUT2D eigenvalue weighted by atomic mass is 9.97. The molecule has 1 aliphatic rings. The summed E-state index contributed by atoms with van der Waals surface area (Å²) in [5.41, 5.74) is 0.204. The van der Waals surface area contributed by atoms with Gasteiger partial charge in [0.1, 0.15) is 11.6 Å². The van der Waals surface area contributed by atoms with E-state index in [1.54, 1.807) is 6.92 Å². The van der Waals surface area contributed by atoms with Crippen molar-refractivity contribution < 1.29 is 23.5 Å². The first-order valence-corrected chi connectivity index (χ1v) is 7.11. The highest BCUT2D eigenvalue weighted by atomic mass is 19.1. The molecular weight excluding hydrogens is 294 g/mol. The van der Waals surface area contributed by atoms with Crippen LogP contribution in [0.1, 0.15) is 31.4 Å². The molecule has 2 rings (SSSR count). The number of rotatable bonds is 3. The Balaban J connectivity index is 1.93. The van der Waals surface area contributed by atoms with E-state index in [9.17, 15) is 18.4 Å². The number of halogens is 2. The van der Waals surface area contributed by atoms with Crippen LogP contribution >= 0.6 is 0 Å². The monoisotopic (exact) mass is 312 g/mol. The van der Waals surface area contributed by atoms with Gasteiger partial charge in [-0.2, -0.15) is 0 Å². The molecule has 1 aliphatic heterocycles. The molecule has 0 spiro atoms. The van der Waals surface area contributed by atoms with Crippen LogP contribution in [0.25, 0.3) is 0 Å². The van der Waals surface area contributed by atoms with Gasteiger partial charge in [-0.15, -0.1) is 0 Å². The Labute approximate surface area is 126 Å². The van der Waals surface area contributed by atoms with Crippen molar-refractivity contribution in [1.29, 1.82) is 0 Å². The molecule has 120 valence electrons. The largest absolute Gasteiger partial charge is 0.481 e. The van der Waals surface area contributed by atoms with E-state index in [4.69, 9.17) is 5.11 Å². The van der Waals surface area contributed by atoms with Crippen LogP contribution in [-0.2, 0) is 4.79 Å². The standard InChI is InChI=1S/C15H18F2N2O3/c1-9(12-3-2-11(16)8-13(12)17)18-15(22)19-6-4-10(5-7-19)14(20)21/h2-3,8-10H,4-7H2,1H3,(H,18,22)(H,20,21). The van der Waals surface area contributed by atoms with Gasteiger partial charge in [-0.25, -0.2) is 13.6 Å². The van der Waals surface area contributed by atoms with E-state index in [1.165, 1.54) is 11.0 Å². The van der Waals surface area contributed by atoms with Crippen molar-refractivity contribution in [3.8, 4) is 0 Å². The summed E-state index contributed by atoms with van der Waals surface area (Å²) in [5.74, 6) is -2.65. The van der Waals surface area contributed by atoms with Crippen LogP contribution in [0.5, 0.6) is 0 Å². The lowest BCUT2D eigenvalue weighted by molar-refractivity contribution is -0.143.